The monoisotopic (exact) mass is 396 g/mol. The van der Waals surface area contributed by atoms with Gasteiger partial charge in [-0.2, -0.15) is 10.2 Å². The molecule has 0 radical (unpaired) electrons. The largest absolute Gasteiger partial charge is 0.347 e. The van der Waals surface area contributed by atoms with Gasteiger partial charge in [0.2, 0.25) is 11.7 Å². The molecule has 0 spiro atoms. The van der Waals surface area contributed by atoms with E-state index < -0.39 is 0 Å². The van der Waals surface area contributed by atoms with Crippen LogP contribution in [0.2, 0.25) is 0 Å². The molecule has 2 aromatic heterocycles. The van der Waals surface area contributed by atoms with E-state index in [4.69, 9.17) is 9.51 Å². The summed E-state index contributed by atoms with van der Waals surface area (Å²) in [6.07, 6.45) is 2.42. The molecule has 7 heteroatoms. The molecule has 0 amide bonds. The molecule has 0 fully saturated rings. The van der Waals surface area contributed by atoms with E-state index in [2.05, 4.69) is 26.1 Å². The van der Waals surface area contributed by atoms with Gasteiger partial charge >= 0.3 is 0 Å². The van der Waals surface area contributed by atoms with Crippen LogP contribution in [-0.2, 0) is 19.5 Å². The first kappa shape index (κ1) is 18.3. The fraction of sp³-hybridized carbons (Fsp3) is 0.217. The Bertz CT molecular complexity index is 1230. The fourth-order valence-corrected chi connectivity index (χ4v) is 3.94. The summed E-state index contributed by atoms with van der Waals surface area (Å²) in [5.41, 5.74) is 5.94. The Hall–Kier alpha value is -3.76. The van der Waals surface area contributed by atoms with Gasteiger partial charge < -0.3 is 9.51 Å². The lowest BCUT2D eigenvalue weighted by atomic mass is 10.0. The summed E-state index contributed by atoms with van der Waals surface area (Å²) < 4.78 is 5.71. The van der Waals surface area contributed by atoms with Crippen molar-refractivity contribution in [3.8, 4) is 17.5 Å². The van der Waals surface area contributed by atoms with Crippen LogP contribution in [0.25, 0.3) is 11.4 Å². The van der Waals surface area contributed by atoms with Crippen molar-refractivity contribution >= 4 is 0 Å². The predicted molar refractivity (Wildman–Crippen MR) is 110 cm³/mol. The van der Waals surface area contributed by atoms with Gasteiger partial charge in [0, 0.05) is 25.1 Å². The van der Waals surface area contributed by atoms with E-state index >= 15 is 0 Å². The minimum Gasteiger partial charge on any atom is -0.347 e. The zero-order valence-electron chi connectivity index (χ0n) is 16.5. The van der Waals surface area contributed by atoms with Gasteiger partial charge in [0.25, 0.3) is 0 Å². The standard InChI is InChI=1S/C23H20N6O/c1-15-4-2-7-18(8-15)22-27-23(30-28-22)21-10-19-20(26-14-25-19)13-29(21)12-17-6-3-5-16(9-17)11-24/h2-9,14,21H,10,12-13H2,1H3,(H,25,26). The lowest BCUT2D eigenvalue weighted by Gasteiger charge is -2.32. The second kappa shape index (κ2) is 7.58. The Balaban J connectivity index is 1.47. The molecule has 1 unspecified atom stereocenters. The Kier molecular flexibility index (Phi) is 4.62. The van der Waals surface area contributed by atoms with Crippen molar-refractivity contribution in [1.29, 1.82) is 5.26 Å². The number of hydrogen-bond acceptors (Lipinski definition) is 6. The van der Waals surface area contributed by atoms with Gasteiger partial charge in [-0.25, -0.2) is 4.98 Å². The van der Waals surface area contributed by atoms with E-state index in [1.54, 1.807) is 6.33 Å². The topological polar surface area (TPSA) is 94.6 Å². The zero-order valence-corrected chi connectivity index (χ0v) is 16.5. The summed E-state index contributed by atoms with van der Waals surface area (Å²) in [4.78, 5) is 14.7. The zero-order chi connectivity index (χ0) is 20.5. The molecule has 2 aromatic carbocycles. The first-order chi connectivity index (χ1) is 14.7. The Morgan fingerprint density at radius 2 is 2.13 bits per heavy atom. The molecule has 1 atom stereocenters. The molecule has 4 aromatic rings. The first-order valence-corrected chi connectivity index (χ1v) is 9.84. The fourth-order valence-electron chi connectivity index (χ4n) is 3.94. The smallest absolute Gasteiger partial charge is 0.244 e. The van der Waals surface area contributed by atoms with Gasteiger partial charge in [0.1, 0.15) is 0 Å². The number of aryl methyl sites for hydroxylation is 1. The van der Waals surface area contributed by atoms with Gasteiger partial charge in [-0.15, -0.1) is 0 Å². The Labute approximate surface area is 174 Å². The number of imidazole rings is 1. The normalized spacial score (nSPS) is 16.2. The first-order valence-electron chi connectivity index (χ1n) is 9.84. The third-order valence-electron chi connectivity index (χ3n) is 5.44. The molecular weight excluding hydrogens is 376 g/mol. The SMILES string of the molecule is Cc1cccc(-c2noc(C3Cc4nc[nH]c4CN3Cc3cccc(C#N)c3)n2)c1. The van der Waals surface area contributed by atoms with Crippen molar-refractivity contribution in [2.45, 2.75) is 32.5 Å². The van der Waals surface area contributed by atoms with Gasteiger partial charge in [0.05, 0.1) is 35.4 Å². The van der Waals surface area contributed by atoms with Crippen LogP contribution in [0.4, 0.5) is 0 Å². The molecule has 1 aliphatic heterocycles. The number of nitrogens with zero attached hydrogens (tertiary/aromatic N) is 5. The number of aromatic amines is 1. The second-order valence-electron chi connectivity index (χ2n) is 7.59. The highest BCUT2D eigenvalue weighted by Crippen LogP contribution is 2.33. The second-order valence-corrected chi connectivity index (χ2v) is 7.59. The van der Waals surface area contributed by atoms with Crippen molar-refractivity contribution in [2.75, 3.05) is 0 Å². The minimum atomic E-state index is -0.0856. The predicted octanol–water partition coefficient (Wildman–Crippen LogP) is 3.94. The van der Waals surface area contributed by atoms with E-state index in [-0.39, 0.29) is 6.04 Å². The van der Waals surface area contributed by atoms with Gasteiger partial charge in [-0.1, -0.05) is 41.1 Å². The molecule has 1 aliphatic rings. The van der Waals surface area contributed by atoms with E-state index in [0.29, 0.717) is 36.8 Å². The molecule has 5 rings (SSSR count). The highest BCUT2D eigenvalue weighted by Gasteiger charge is 2.33. The number of nitriles is 1. The lowest BCUT2D eigenvalue weighted by Crippen LogP contribution is -2.34. The van der Waals surface area contributed by atoms with Crippen LogP contribution >= 0.6 is 0 Å². The summed E-state index contributed by atoms with van der Waals surface area (Å²) in [6, 6.07) is 17.9. The van der Waals surface area contributed by atoms with Gasteiger partial charge in [0.15, 0.2) is 0 Å². The summed E-state index contributed by atoms with van der Waals surface area (Å²) in [5.74, 6) is 1.17. The van der Waals surface area contributed by atoms with Crippen LogP contribution in [-0.4, -0.2) is 25.0 Å². The van der Waals surface area contributed by atoms with Crippen LogP contribution in [0.15, 0.2) is 59.4 Å². The molecule has 148 valence electrons. The minimum absolute atomic E-state index is 0.0856. The summed E-state index contributed by atoms with van der Waals surface area (Å²) in [7, 11) is 0. The average Bonchev–Trinajstić information content (AvgIpc) is 3.42. The number of hydrogen-bond donors (Lipinski definition) is 1. The Morgan fingerprint density at radius 1 is 1.23 bits per heavy atom. The van der Waals surface area contributed by atoms with Crippen molar-refractivity contribution < 1.29 is 4.52 Å². The number of nitrogens with one attached hydrogen (secondary N) is 1. The van der Waals surface area contributed by atoms with Gasteiger partial charge in [-0.3, -0.25) is 4.90 Å². The molecular formula is C23H20N6O. The van der Waals surface area contributed by atoms with E-state index in [9.17, 15) is 5.26 Å². The maximum atomic E-state index is 9.22. The number of benzene rings is 2. The van der Waals surface area contributed by atoms with Gasteiger partial charge in [-0.05, 0) is 30.7 Å². The van der Waals surface area contributed by atoms with Crippen LogP contribution in [0.1, 0.15) is 40.0 Å². The summed E-state index contributed by atoms with van der Waals surface area (Å²) in [6.45, 7) is 3.40. The highest BCUT2D eigenvalue weighted by molar-refractivity contribution is 5.55. The number of aromatic nitrogens is 4. The van der Waals surface area contributed by atoms with Crippen LogP contribution in [0, 0.1) is 18.3 Å². The quantitative estimate of drug-likeness (QED) is 0.561. The molecule has 0 bridgehead atoms. The lowest BCUT2D eigenvalue weighted by molar-refractivity contribution is 0.128. The Morgan fingerprint density at radius 3 is 3.00 bits per heavy atom. The van der Waals surface area contributed by atoms with Crippen LogP contribution in [0.3, 0.4) is 0 Å². The molecule has 3 heterocycles. The van der Waals surface area contributed by atoms with E-state index in [0.717, 1.165) is 28.1 Å². The molecule has 7 nitrogen and oxygen atoms in total. The summed E-state index contributed by atoms with van der Waals surface area (Å²) >= 11 is 0. The molecule has 0 saturated heterocycles. The van der Waals surface area contributed by atoms with Crippen molar-refractivity contribution in [1.82, 2.24) is 25.0 Å². The maximum absolute atomic E-state index is 9.22. The maximum Gasteiger partial charge on any atom is 0.244 e. The third-order valence-corrected chi connectivity index (χ3v) is 5.44. The summed E-state index contributed by atoms with van der Waals surface area (Å²) in [5, 5.41) is 13.5. The highest BCUT2D eigenvalue weighted by atomic mass is 16.5. The van der Waals surface area contributed by atoms with Crippen LogP contribution < -0.4 is 0 Å². The van der Waals surface area contributed by atoms with Crippen molar-refractivity contribution in [3.05, 3.63) is 88.8 Å². The van der Waals surface area contributed by atoms with E-state index in [1.165, 1.54) is 0 Å². The molecule has 0 saturated carbocycles. The molecule has 1 N–H and O–H groups in total. The average molecular weight is 396 g/mol. The molecule has 30 heavy (non-hydrogen) atoms. The number of rotatable bonds is 4. The third kappa shape index (κ3) is 3.49. The molecule has 0 aliphatic carbocycles. The van der Waals surface area contributed by atoms with Crippen molar-refractivity contribution in [2.24, 2.45) is 0 Å². The number of fused-ring (bicyclic) bond motifs is 1. The van der Waals surface area contributed by atoms with Crippen molar-refractivity contribution in [3.63, 3.8) is 0 Å². The van der Waals surface area contributed by atoms with E-state index in [1.807, 2.05) is 55.5 Å². The number of H-pyrrole nitrogens is 1. The van der Waals surface area contributed by atoms with Crippen LogP contribution in [0.5, 0.6) is 0 Å².